The van der Waals surface area contributed by atoms with Crippen molar-refractivity contribution in [3.05, 3.63) is 35.1 Å². The van der Waals surface area contributed by atoms with Gasteiger partial charge < -0.3 is 0 Å². The number of nitriles is 1. The molecule has 0 bridgehead atoms. The van der Waals surface area contributed by atoms with Crippen LogP contribution in [0.1, 0.15) is 36.8 Å². The lowest BCUT2D eigenvalue weighted by atomic mass is 10.1. The van der Waals surface area contributed by atoms with Gasteiger partial charge in [0.2, 0.25) is 10.0 Å². The number of hydrogen-bond acceptors (Lipinski definition) is 4. The smallest absolute Gasteiger partial charge is 0.217 e. The molecular formula is C17H22FN3O2S. The largest absolute Gasteiger partial charge is 0.299 e. The van der Waals surface area contributed by atoms with Crippen LogP contribution in [-0.2, 0) is 16.6 Å². The molecule has 0 N–H and O–H groups in total. The Kier molecular flexibility index (Phi) is 5.18. The van der Waals surface area contributed by atoms with Gasteiger partial charge in [0.05, 0.1) is 10.8 Å². The second kappa shape index (κ2) is 7.18. The normalized spacial score (nSPS) is 21.0. The fourth-order valence-corrected chi connectivity index (χ4v) is 5.54. The first kappa shape index (κ1) is 17.3. The molecule has 2 heterocycles. The van der Waals surface area contributed by atoms with Crippen molar-refractivity contribution in [2.45, 2.75) is 37.5 Å². The lowest BCUT2D eigenvalue weighted by Gasteiger charge is -2.33. The molecule has 2 aliphatic rings. The van der Waals surface area contributed by atoms with Gasteiger partial charge in [-0.05, 0) is 44.8 Å². The molecule has 0 atom stereocenters. The molecule has 0 radical (unpaired) electrons. The van der Waals surface area contributed by atoms with Gasteiger partial charge in [0.15, 0.2) is 0 Å². The summed E-state index contributed by atoms with van der Waals surface area (Å²) in [6.45, 7) is 2.98. The van der Waals surface area contributed by atoms with E-state index in [0.29, 0.717) is 51.1 Å². The maximum atomic E-state index is 14.1. The van der Waals surface area contributed by atoms with Crippen molar-refractivity contribution >= 4 is 10.0 Å². The third kappa shape index (κ3) is 3.46. The van der Waals surface area contributed by atoms with Gasteiger partial charge in [-0.15, -0.1) is 0 Å². The van der Waals surface area contributed by atoms with Crippen LogP contribution in [0.3, 0.4) is 0 Å². The second-order valence-electron chi connectivity index (χ2n) is 6.52. The first-order chi connectivity index (χ1) is 11.5. The number of likely N-dealkylation sites (tertiary alicyclic amines) is 1. The molecule has 0 saturated carbocycles. The molecule has 0 aliphatic carbocycles. The fourth-order valence-electron chi connectivity index (χ4n) is 3.55. The number of hydrogen-bond donors (Lipinski definition) is 0. The Morgan fingerprint density at radius 2 is 1.83 bits per heavy atom. The van der Waals surface area contributed by atoms with Gasteiger partial charge in [-0.25, -0.2) is 17.1 Å². The molecule has 2 fully saturated rings. The maximum absolute atomic E-state index is 14.1. The number of nitrogens with zero attached hydrogens (tertiary/aromatic N) is 3. The number of benzene rings is 1. The maximum Gasteiger partial charge on any atom is 0.217 e. The van der Waals surface area contributed by atoms with Crippen LogP contribution in [-0.4, -0.2) is 49.1 Å². The van der Waals surface area contributed by atoms with Crippen molar-refractivity contribution < 1.29 is 12.8 Å². The van der Waals surface area contributed by atoms with Crippen LogP contribution in [0.4, 0.5) is 4.39 Å². The number of piperidine rings is 1. The number of rotatable bonds is 4. The minimum Gasteiger partial charge on any atom is -0.299 e. The third-order valence-electron chi connectivity index (χ3n) is 4.97. The van der Waals surface area contributed by atoms with Gasteiger partial charge in [0, 0.05) is 25.2 Å². The van der Waals surface area contributed by atoms with Gasteiger partial charge >= 0.3 is 0 Å². The zero-order chi connectivity index (χ0) is 17.2. The first-order valence-corrected chi connectivity index (χ1v) is 9.91. The van der Waals surface area contributed by atoms with E-state index in [4.69, 9.17) is 5.26 Å². The SMILES string of the molecule is N#Cc1cccc(CN2CCC(S(=O)(=O)N3CCCC3)CC2)c1F. The highest BCUT2D eigenvalue weighted by Crippen LogP contribution is 2.25. The van der Waals surface area contributed by atoms with Crippen LogP contribution < -0.4 is 0 Å². The summed E-state index contributed by atoms with van der Waals surface area (Å²) >= 11 is 0. The van der Waals surface area contributed by atoms with Crippen molar-refractivity contribution in [2.24, 2.45) is 0 Å². The molecule has 0 unspecified atom stereocenters. The molecule has 2 saturated heterocycles. The quantitative estimate of drug-likeness (QED) is 0.833. The van der Waals surface area contributed by atoms with Crippen LogP contribution >= 0.6 is 0 Å². The molecular weight excluding hydrogens is 329 g/mol. The van der Waals surface area contributed by atoms with E-state index in [1.165, 1.54) is 6.07 Å². The van der Waals surface area contributed by atoms with E-state index in [2.05, 4.69) is 4.90 Å². The standard InChI is InChI=1S/C17H22FN3O2S/c18-17-14(12-19)4-3-5-15(17)13-20-10-6-16(7-11-20)24(22,23)21-8-1-2-9-21/h3-5,16H,1-2,6-11,13H2. The lowest BCUT2D eigenvalue weighted by molar-refractivity contribution is 0.217. The molecule has 1 aromatic carbocycles. The van der Waals surface area contributed by atoms with Gasteiger partial charge in [-0.3, -0.25) is 4.90 Å². The predicted octanol–water partition coefficient (Wildman–Crippen LogP) is 2.09. The molecule has 0 aromatic heterocycles. The van der Waals surface area contributed by atoms with E-state index in [1.54, 1.807) is 16.4 Å². The Hall–Kier alpha value is -1.49. The molecule has 2 aliphatic heterocycles. The predicted molar refractivity (Wildman–Crippen MR) is 89.1 cm³/mol. The van der Waals surface area contributed by atoms with Crippen molar-refractivity contribution in [2.75, 3.05) is 26.2 Å². The highest BCUT2D eigenvalue weighted by Gasteiger charge is 2.35. The highest BCUT2D eigenvalue weighted by molar-refractivity contribution is 7.89. The summed E-state index contributed by atoms with van der Waals surface area (Å²) in [5, 5.41) is 8.58. The topological polar surface area (TPSA) is 64.4 Å². The Labute approximate surface area is 142 Å². The molecule has 3 rings (SSSR count). The van der Waals surface area contributed by atoms with Crippen LogP contribution in [0.5, 0.6) is 0 Å². The van der Waals surface area contributed by atoms with Gasteiger partial charge in [0.25, 0.3) is 0 Å². The minimum atomic E-state index is -3.19. The summed E-state index contributed by atoms with van der Waals surface area (Å²) in [5.74, 6) is -0.466. The summed E-state index contributed by atoms with van der Waals surface area (Å²) < 4.78 is 41.0. The van der Waals surface area contributed by atoms with E-state index >= 15 is 0 Å². The summed E-state index contributed by atoms with van der Waals surface area (Å²) in [6, 6.07) is 6.68. The van der Waals surface area contributed by atoms with Crippen LogP contribution in [0.2, 0.25) is 0 Å². The van der Waals surface area contributed by atoms with Crippen LogP contribution in [0.15, 0.2) is 18.2 Å². The fraction of sp³-hybridized carbons (Fsp3) is 0.588. The average molecular weight is 351 g/mol. The molecule has 130 valence electrons. The van der Waals surface area contributed by atoms with Crippen molar-refractivity contribution in [3.63, 3.8) is 0 Å². The molecule has 0 spiro atoms. The van der Waals surface area contributed by atoms with Crippen molar-refractivity contribution in [1.29, 1.82) is 5.26 Å². The Morgan fingerprint density at radius 3 is 2.46 bits per heavy atom. The summed E-state index contributed by atoms with van der Waals surface area (Å²) in [7, 11) is -3.19. The minimum absolute atomic E-state index is 0.0546. The van der Waals surface area contributed by atoms with Crippen molar-refractivity contribution in [1.82, 2.24) is 9.21 Å². The van der Waals surface area contributed by atoms with Gasteiger partial charge in [-0.1, -0.05) is 12.1 Å². The van der Waals surface area contributed by atoms with E-state index in [9.17, 15) is 12.8 Å². The van der Waals surface area contributed by atoms with E-state index in [1.807, 2.05) is 6.07 Å². The van der Waals surface area contributed by atoms with Crippen LogP contribution in [0, 0.1) is 17.1 Å². The first-order valence-electron chi connectivity index (χ1n) is 8.41. The summed E-state index contributed by atoms with van der Waals surface area (Å²) in [6.07, 6.45) is 3.07. The molecule has 5 nitrogen and oxygen atoms in total. The van der Waals surface area contributed by atoms with Gasteiger partial charge in [-0.2, -0.15) is 5.26 Å². The molecule has 1 aromatic rings. The number of sulfonamides is 1. The van der Waals surface area contributed by atoms with Crippen molar-refractivity contribution in [3.8, 4) is 6.07 Å². The van der Waals surface area contributed by atoms with E-state index in [-0.39, 0.29) is 10.8 Å². The van der Waals surface area contributed by atoms with Crippen LogP contribution in [0.25, 0.3) is 0 Å². The molecule has 7 heteroatoms. The second-order valence-corrected chi connectivity index (χ2v) is 8.73. The zero-order valence-electron chi connectivity index (χ0n) is 13.6. The Morgan fingerprint density at radius 1 is 1.17 bits per heavy atom. The van der Waals surface area contributed by atoms with E-state index in [0.717, 1.165) is 12.8 Å². The summed E-state index contributed by atoms with van der Waals surface area (Å²) in [5.41, 5.74) is 0.550. The molecule has 0 amide bonds. The monoisotopic (exact) mass is 351 g/mol. The van der Waals surface area contributed by atoms with Gasteiger partial charge in [0.1, 0.15) is 11.9 Å². The lowest BCUT2D eigenvalue weighted by Crippen LogP contribution is -2.44. The van der Waals surface area contributed by atoms with E-state index < -0.39 is 15.8 Å². The summed E-state index contributed by atoms with van der Waals surface area (Å²) in [4.78, 5) is 2.07. The number of halogens is 1. The average Bonchev–Trinajstić information content (AvgIpc) is 3.13. The Balaban J connectivity index is 1.61. The highest BCUT2D eigenvalue weighted by atomic mass is 32.2. The Bertz CT molecular complexity index is 731. The third-order valence-corrected chi connectivity index (χ3v) is 7.37. The zero-order valence-corrected chi connectivity index (χ0v) is 14.4. The molecule has 24 heavy (non-hydrogen) atoms.